The van der Waals surface area contributed by atoms with Crippen LogP contribution in [0.2, 0.25) is 0 Å². The summed E-state index contributed by atoms with van der Waals surface area (Å²) in [6.45, 7) is 45.7. The number of hydrogen-bond acceptors (Lipinski definition) is 0. The van der Waals surface area contributed by atoms with E-state index in [-0.39, 0.29) is 0 Å². The van der Waals surface area contributed by atoms with E-state index in [9.17, 15) is 0 Å². The molecule has 0 nitrogen and oxygen atoms in total. The van der Waals surface area contributed by atoms with Crippen molar-refractivity contribution in [1.29, 1.82) is 0 Å². The van der Waals surface area contributed by atoms with Crippen LogP contribution in [-0.4, -0.2) is 0 Å². The second kappa shape index (κ2) is 10.4. The van der Waals surface area contributed by atoms with Gasteiger partial charge in [-0.2, -0.15) is 0 Å². The van der Waals surface area contributed by atoms with Crippen LogP contribution in [0.5, 0.6) is 0 Å². The van der Waals surface area contributed by atoms with Crippen molar-refractivity contribution in [3.05, 3.63) is 136 Å². The molecule has 47 heavy (non-hydrogen) atoms. The van der Waals surface area contributed by atoms with E-state index < -0.39 is 0 Å². The largest absolute Gasteiger partial charge is 0.0946 e. The molecule has 7 rings (SSSR count). The topological polar surface area (TPSA) is 0 Å². The molecule has 0 spiro atoms. The van der Waals surface area contributed by atoms with Gasteiger partial charge in [0.05, 0.1) is 0 Å². The highest BCUT2D eigenvalue weighted by Gasteiger charge is 2.50. The lowest BCUT2D eigenvalue weighted by molar-refractivity contribution is 0.516. The molecule has 0 aromatic heterocycles. The van der Waals surface area contributed by atoms with E-state index in [1.165, 1.54) is 66.9 Å². The molecule has 7 aliphatic rings. The SMILES string of the molecule is C=C1C2=C(C3=C(C)C(C)=C(C)C3C)C(C)C(=C)C2=C(C2=C(C)C(C)=C(C3=C(C)C4=C(C5=C(C(C)=C(C)C5C)C4C(C)C)C3C)C2)C1C. The van der Waals surface area contributed by atoms with Gasteiger partial charge in [-0.05, 0) is 179 Å². The Kier molecular flexibility index (Phi) is 7.20. The Bertz CT molecular complexity index is 1970. The van der Waals surface area contributed by atoms with Crippen LogP contribution in [0.15, 0.2) is 136 Å². The zero-order valence-corrected chi connectivity index (χ0v) is 32.2. The lowest BCUT2D eigenvalue weighted by Crippen LogP contribution is -2.14. The standard InChI is InChI=1S/C47H58/c1-19(2)37-41-27(10)22(5)28(11)44(41)47-34(17)38(33(16)46(37)47)35-18-36(24(7)23(35)6)40-29(12)30(13)45-42(31(14)32(15)43(40)45)39-25(8)20(3)21(4)26(39)9/h19,25,28-29,31,34,37H,13,15,18H2,1-12,14,16-17H3. The molecule has 0 saturated carbocycles. The van der Waals surface area contributed by atoms with Gasteiger partial charge in [0.1, 0.15) is 0 Å². The fraction of sp³-hybridized carbons (Fsp3) is 0.489. The molecule has 0 heterocycles. The predicted molar refractivity (Wildman–Crippen MR) is 203 cm³/mol. The maximum atomic E-state index is 4.82. The fourth-order valence-corrected chi connectivity index (χ4v) is 11.3. The van der Waals surface area contributed by atoms with E-state index in [1.54, 1.807) is 55.7 Å². The van der Waals surface area contributed by atoms with Gasteiger partial charge in [0.25, 0.3) is 0 Å². The van der Waals surface area contributed by atoms with Crippen molar-refractivity contribution in [2.45, 2.75) is 110 Å². The molecule has 0 heteroatoms. The van der Waals surface area contributed by atoms with Crippen LogP contribution in [0.25, 0.3) is 0 Å². The van der Waals surface area contributed by atoms with Gasteiger partial charge in [0.15, 0.2) is 0 Å². The summed E-state index contributed by atoms with van der Waals surface area (Å²) in [7, 11) is 0. The van der Waals surface area contributed by atoms with Gasteiger partial charge in [-0.15, -0.1) is 0 Å². The summed E-state index contributed by atoms with van der Waals surface area (Å²) in [5.41, 5.74) is 33.6. The molecule has 0 saturated heterocycles. The van der Waals surface area contributed by atoms with Crippen LogP contribution >= 0.6 is 0 Å². The van der Waals surface area contributed by atoms with Gasteiger partial charge in [-0.3, -0.25) is 0 Å². The first-order chi connectivity index (χ1) is 22.0. The Morgan fingerprint density at radius 2 is 0.872 bits per heavy atom. The van der Waals surface area contributed by atoms with Gasteiger partial charge in [0.2, 0.25) is 0 Å². The number of rotatable bonds is 4. The quantitative estimate of drug-likeness (QED) is 0.293. The molecule has 0 bridgehead atoms. The Balaban J connectivity index is 1.31. The summed E-state index contributed by atoms with van der Waals surface area (Å²) in [5, 5.41) is 0. The molecule has 0 amide bonds. The lowest BCUT2D eigenvalue weighted by atomic mass is 9.78. The van der Waals surface area contributed by atoms with Gasteiger partial charge in [-0.1, -0.05) is 72.8 Å². The maximum absolute atomic E-state index is 4.82. The van der Waals surface area contributed by atoms with Crippen molar-refractivity contribution in [2.24, 2.45) is 41.4 Å². The van der Waals surface area contributed by atoms with Crippen molar-refractivity contribution in [3.63, 3.8) is 0 Å². The molecule has 7 aliphatic carbocycles. The van der Waals surface area contributed by atoms with E-state index in [2.05, 4.69) is 104 Å². The van der Waals surface area contributed by atoms with E-state index in [1.807, 2.05) is 0 Å². The van der Waals surface area contributed by atoms with Crippen molar-refractivity contribution < 1.29 is 0 Å². The average Bonchev–Trinajstić information content (AvgIpc) is 3.81. The first kappa shape index (κ1) is 32.4. The average molecular weight is 623 g/mol. The second-order valence-corrected chi connectivity index (χ2v) is 16.7. The Morgan fingerprint density at radius 1 is 0.426 bits per heavy atom. The summed E-state index contributed by atoms with van der Waals surface area (Å²) in [5.74, 6) is 3.14. The zero-order valence-electron chi connectivity index (χ0n) is 32.2. The molecule has 6 unspecified atom stereocenters. The van der Waals surface area contributed by atoms with E-state index >= 15 is 0 Å². The zero-order chi connectivity index (χ0) is 34.5. The van der Waals surface area contributed by atoms with Gasteiger partial charge >= 0.3 is 0 Å². The lowest BCUT2D eigenvalue weighted by Gasteiger charge is -2.25. The first-order valence-electron chi connectivity index (χ1n) is 18.5. The molecule has 0 radical (unpaired) electrons. The summed E-state index contributed by atoms with van der Waals surface area (Å²) in [6.07, 6.45) is 1.03. The number of allylic oxidation sites excluding steroid dienone is 22. The number of fused-ring (bicyclic) bond motifs is 2. The van der Waals surface area contributed by atoms with Crippen molar-refractivity contribution in [2.75, 3.05) is 0 Å². The molecule has 0 aliphatic heterocycles. The van der Waals surface area contributed by atoms with Crippen LogP contribution in [-0.2, 0) is 0 Å². The Labute approximate surface area is 286 Å². The molecule has 0 N–H and O–H groups in total. The van der Waals surface area contributed by atoms with Gasteiger partial charge in [0, 0.05) is 35.5 Å². The van der Waals surface area contributed by atoms with Crippen molar-refractivity contribution >= 4 is 0 Å². The van der Waals surface area contributed by atoms with Crippen LogP contribution < -0.4 is 0 Å². The summed E-state index contributed by atoms with van der Waals surface area (Å²) >= 11 is 0. The molecular formula is C47H58. The molecule has 246 valence electrons. The van der Waals surface area contributed by atoms with E-state index in [4.69, 9.17) is 13.2 Å². The predicted octanol–water partition coefficient (Wildman–Crippen LogP) is 13.2. The Hall–Kier alpha value is -3.12. The third-order valence-electron chi connectivity index (χ3n) is 14.7. The third-order valence-corrected chi connectivity index (χ3v) is 14.7. The molecular weight excluding hydrogens is 565 g/mol. The summed E-state index contributed by atoms with van der Waals surface area (Å²) in [6, 6.07) is 0. The minimum atomic E-state index is 0.303. The van der Waals surface area contributed by atoms with Crippen LogP contribution in [0, 0.1) is 41.4 Å². The third kappa shape index (κ3) is 3.82. The van der Waals surface area contributed by atoms with Crippen molar-refractivity contribution in [1.82, 2.24) is 0 Å². The minimum absolute atomic E-state index is 0.303. The highest BCUT2D eigenvalue weighted by atomic mass is 14.5. The summed E-state index contributed by atoms with van der Waals surface area (Å²) < 4.78 is 0. The normalized spacial score (nSPS) is 32.8. The molecule has 0 fully saturated rings. The second-order valence-electron chi connectivity index (χ2n) is 16.7. The fourth-order valence-electron chi connectivity index (χ4n) is 11.3. The van der Waals surface area contributed by atoms with Crippen LogP contribution in [0.4, 0.5) is 0 Å². The molecule has 0 aromatic carbocycles. The highest BCUT2D eigenvalue weighted by Crippen LogP contribution is 2.64. The van der Waals surface area contributed by atoms with E-state index in [0.717, 1.165) is 6.42 Å². The van der Waals surface area contributed by atoms with Crippen LogP contribution in [0.3, 0.4) is 0 Å². The highest BCUT2D eigenvalue weighted by molar-refractivity contribution is 5.81. The van der Waals surface area contributed by atoms with E-state index in [0.29, 0.717) is 41.4 Å². The molecule has 0 aromatic rings. The molecule has 6 atom stereocenters. The monoisotopic (exact) mass is 622 g/mol. The summed E-state index contributed by atoms with van der Waals surface area (Å²) in [4.78, 5) is 0. The Morgan fingerprint density at radius 3 is 1.40 bits per heavy atom. The van der Waals surface area contributed by atoms with Crippen molar-refractivity contribution in [3.8, 4) is 0 Å². The number of hydrogen-bond donors (Lipinski definition) is 0. The van der Waals surface area contributed by atoms with Crippen LogP contribution in [0.1, 0.15) is 110 Å². The van der Waals surface area contributed by atoms with Gasteiger partial charge in [-0.25, -0.2) is 0 Å². The van der Waals surface area contributed by atoms with Gasteiger partial charge < -0.3 is 0 Å². The minimum Gasteiger partial charge on any atom is -0.0946 e. The maximum Gasteiger partial charge on any atom is 0.0124 e. The smallest absolute Gasteiger partial charge is 0.0124 e. The first-order valence-corrected chi connectivity index (χ1v) is 18.5.